The third kappa shape index (κ3) is 4.68. The molecular formula is C21H24N4O3. The molecule has 2 N–H and O–H groups in total. The van der Waals surface area contributed by atoms with Crippen LogP contribution in [0.2, 0.25) is 0 Å². The minimum Gasteiger partial charge on any atom is -0.491 e. The summed E-state index contributed by atoms with van der Waals surface area (Å²) in [5, 5.41) is 3.33. The minimum atomic E-state index is -0.264. The Labute approximate surface area is 163 Å². The molecule has 0 bridgehead atoms. The first-order valence-electron chi connectivity index (χ1n) is 9.11. The summed E-state index contributed by atoms with van der Waals surface area (Å²) < 4.78 is 5.71. The molecule has 2 amide bonds. The highest BCUT2D eigenvalue weighted by Crippen LogP contribution is 2.18. The Bertz CT molecular complexity index is 1050. The smallest absolute Gasteiger partial charge is 0.317 e. The molecule has 0 saturated heterocycles. The Balaban J connectivity index is 1.51. The molecule has 0 unspecified atom stereocenters. The average Bonchev–Trinajstić information content (AvgIpc) is 2.66. The molecule has 1 aromatic heterocycles. The van der Waals surface area contributed by atoms with Crippen LogP contribution in [0.3, 0.4) is 0 Å². The van der Waals surface area contributed by atoms with Crippen LogP contribution in [-0.2, 0) is 6.54 Å². The number of urea groups is 1. The monoisotopic (exact) mass is 380 g/mol. The number of nitrogens with one attached hydrogen (secondary N) is 2. The van der Waals surface area contributed by atoms with E-state index in [0.29, 0.717) is 29.9 Å². The van der Waals surface area contributed by atoms with Gasteiger partial charge in [0.1, 0.15) is 18.2 Å². The van der Waals surface area contributed by atoms with Crippen LogP contribution >= 0.6 is 0 Å². The second-order valence-electron chi connectivity index (χ2n) is 6.74. The number of nitrogens with zero attached hydrogens (tertiary/aromatic N) is 2. The van der Waals surface area contributed by atoms with Gasteiger partial charge in [-0.15, -0.1) is 0 Å². The van der Waals surface area contributed by atoms with Crippen LogP contribution in [0.5, 0.6) is 5.75 Å². The van der Waals surface area contributed by atoms with E-state index in [0.717, 1.165) is 11.3 Å². The topological polar surface area (TPSA) is 87.3 Å². The van der Waals surface area contributed by atoms with E-state index in [1.807, 2.05) is 32.0 Å². The van der Waals surface area contributed by atoms with E-state index >= 15 is 0 Å². The summed E-state index contributed by atoms with van der Waals surface area (Å²) in [5.41, 5.74) is 2.64. The summed E-state index contributed by atoms with van der Waals surface area (Å²) in [7, 11) is 1.65. The molecule has 0 radical (unpaired) electrons. The number of carbonyl (C=O) groups is 1. The van der Waals surface area contributed by atoms with E-state index in [9.17, 15) is 9.59 Å². The molecular weight excluding hydrogens is 356 g/mol. The molecule has 0 saturated carbocycles. The zero-order valence-corrected chi connectivity index (χ0v) is 16.3. The van der Waals surface area contributed by atoms with E-state index in [2.05, 4.69) is 21.4 Å². The molecule has 0 spiro atoms. The molecule has 0 fully saturated rings. The number of rotatable bonds is 6. The summed E-state index contributed by atoms with van der Waals surface area (Å²) in [6.45, 7) is 4.97. The largest absolute Gasteiger partial charge is 0.491 e. The van der Waals surface area contributed by atoms with Gasteiger partial charge in [-0.3, -0.25) is 4.79 Å². The highest BCUT2D eigenvalue weighted by Gasteiger charge is 2.11. The van der Waals surface area contributed by atoms with Crippen LogP contribution in [0.4, 0.5) is 4.79 Å². The number of H-pyrrole nitrogens is 1. The summed E-state index contributed by atoms with van der Waals surface area (Å²) in [6, 6.07) is 12.8. The Kier molecular flexibility index (Phi) is 5.93. The number of aromatic nitrogens is 2. The maximum Gasteiger partial charge on any atom is 0.317 e. The van der Waals surface area contributed by atoms with Crippen molar-refractivity contribution >= 4 is 16.9 Å². The van der Waals surface area contributed by atoms with E-state index in [1.165, 1.54) is 10.5 Å². The molecule has 1 heterocycles. The third-order valence-electron chi connectivity index (χ3n) is 4.36. The van der Waals surface area contributed by atoms with Crippen molar-refractivity contribution in [3.8, 4) is 5.75 Å². The molecule has 0 aliphatic heterocycles. The second-order valence-corrected chi connectivity index (χ2v) is 6.74. The first-order chi connectivity index (χ1) is 13.4. The van der Waals surface area contributed by atoms with Gasteiger partial charge in [-0.05, 0) is 37.6 Å². The molecule has 7 nitrogen and oxygen atoms in total. The Morgan fingerprint density at radius 3 is 2.79 bits per heavy atom. The van der Waals surface area contributed by atoms with Crippen LogP contribution < -0.4 is 15.6 Å². The average molecular weight is 380 g/mol. The van der Waals surface area contributed by atoms with Gasteiger partial charge >= 0.3 is 6.03 Å². The number of aromatic amines is 1. The van der Waals surface area contributed by atoms with Crippen molar-refractivity contribution in [2.75, 3.05) is 20.2 Å². The molecule has 146 valence electrons. The van der Waals surface area contributed by atoms with Gasteiger partial charge < -0.3 is 19.9 Å². The van der Waals surface area contributed by atoms with E-state index in [1.54, 1.807) is 25.2 Å². The fourth-order valence-corrected chi connectivity index (χ4v) is 2.92. The fourth-order valence-electron chi connectivity index (χ4n) is 2.92. The maximum absolute atomic E-state index is 12.3. The highest BCUT2D eigenvalue weighted by molar-refractivity contribution is 5.77. The van der Waals surface area contributed by atoms with Gasteiger partial charge in [-0.1, -0.05) is 29.8 Å². The second kappa shape index (κ2) is 8.56. The van der Waals surface area contributed by atoms with Crippen LogP contribution in [-0.4, -0.2) is 41.1 Å². The molecule has 2 aromatic carbocycles. The van der Waals surface area contributed by atoms with Gasteiger partial charge in [0.15, 0.2) is 0 Å². The molecule has 0 aliphatic rings. The lowest BCUT2D eigenvalue weighted by molar-refractivity contribution is 0.202. The van der Waals surface area contributed by atoms with Gasteiger partial charge in [0.05, 0.1) is 24.0 Å². The number of hydrogen-bond donors (Lipinski definition) is 2. The summed E-state index contributed by atoms with van der Waals surface area (Å²) in [5.74, 6) is 1.25. The lowest BCUT2D eigenvalue weighted by atomic mass is 10.1. The number of benzene rings is 2. The van der Waals surface area contributed by atoms with Gasteiger partial charge in [0, 0.05) is 7.05 Å². The predicted molar refractivity (Wildman–Crippen MR) is 109 cm³/mol. The Morgan fingerprint density at radius 1 is 1.21 bits per heavy atom. The molecule has 0 atom stereocenters. The van der Waals surface area contributed by atoms with Gasteiger partial charge in [0.25, 0.3) is 5.56 Å². The van der Waals surface area contributed by atoms with E-state index in [4.69, 9.17) is 4.74 Å². The van der Waals surface area contributed by atoms with Crippen molar-refractivity contribution in [2.24, 2.45) is 0 Å². The maximum atomic E-state index is 12.3. The Morgan fingerprint density at radius 2 is 2.00 bits per heavy atom. The molecule has 3 aromatic rings. The lowest BCUT2D eigenvalue weighted by Gasteiger charge is -2.18. The zero-order valence-electron chi connectivity index (χ0n) is 16.3. The number of aryl methyl sites for hydroxylation is 2. The van der Waals surface area contributed by atoms with Gasteiger partial charge in [-0.2, -0.15) is 0 Å². The number of hydrogen-bond acceptors (Lipinski definition) is 4. The first kappa shape index (κ1) is 19.4. The van der Waals surface area contributed by atoms with Crippen molar-refractivity contribution in [2.45, 2.75) is 20.4 Å². The highest BCUT2D eigenvalue weighted by atomic mass is 16.5. The number of ether oxygens (including phenoxy) is 1. The van der Waals surface area contributed by atoms with Crippen LogP contribution in [0.25, 0.3) is 10.9 Å². The first-order valence-corrected chi connectivity index (χ1v) is 9.11. The SMILES string of the molecule is Cc1ccc(OCCNC(=O)N(C)Cc2nc3ccccc3c(=O)[nH]2)c(C)c1. The van der Waals surface area contributed by atoms with Crippen LogP contribution in [0, 0.1) is 13.8 Å². The minimum absolute atomic E-state index is 0.198. The quantitative estimate of drug-likeness (QED) is 0.644. The normalized spacial score (nSPS) is 10.7. The van der Waals surface area contributed by atoms with Crippen molar-refractivity contribution in [1.29, 1.82) is 0 Å². The van der Waals surface area contributed by atoms with E-state index in [-0.39, 0.29) is 18.1 Å². The zero-order chi connectivity index (χ0) is 20.1. The van der Waals surface area contributed by atoms with Crippen LogP contribution in [0.15, 0.2) is 47.3 Å². The Hall–Kier alpha value is -3.35. The summed E-state index contributed by atoms with van der Waals surface area (Å²) >= 11 is 0. The summed E-state index contributed by atoms with van der Waals surface area (Å²) in [4.78, 5) is 33.0. The van der Waals surface area contributed by atoms with Crippen molar-refractivity contribution in [3.63, 3.8) is 0 Å². The predicted octanol–water partition coefficient (Wildman–Crippen LogP) is 2.76. The van der Waals surface area contributed by atoms with Crippen molar-refractivity contribution in [1.82, 2.24) is 20.2 Å². The number of para-hydroxylation sites is 1. The van der Waals surface area contributed by atoms with Gasteiger partial charge in [0.2, 0.25) is 0 Å². The number of fused-ring (bicyclic) bond motifs is 1. The van der Waals surface area contributed by atoms with E-state index < -0.39 is 0 Å². The van der Waals surface area contributed by atoms with Crippen molar-refractivity contribution < 1.29 is 9.53 Å². The third-order valence-corrected chi connectivity index (χ3v) is 4.36. The lowest BCUT2D eigenvalue weighted by Crippen LogP contribution is -2.39. The van der Waals surface area contributed by atoms with Gasteiger partial charge in [-0.25, -0.2) is 9.78 Å². The molecule has 0 aliphatic carbocycles. The standard InChI is InChI=1S/C21H24N4O3/c1-14-8-9-18(15(2)12-14)28-11-10-22-21(27)25(3)13-19-23-17-7-5-4-6-16(17)20(26)24-19/h4-9,12H,10-11,13H2,1-3H3,(H,22,27)(H,23,24,26). The number of amides is 2. The van der Waals surface area contributed by atoms with Crippen LogP contribution in [0.1, 0.15) is 17.0 Å². The number of carbonyl (C=O) groups excluding carboxylic acids is 1. The van der Waals surface area contributed by atoms with Crippen molar-refractivity contribution in [3.05, 3.63) is 69.8 Å². The molecule has 3 rings (SSSR count). The summed E-state index contributed by atoms with van der Waals surface area (Å²) in [6.07, 6.45) is 0. The molecule has 7 heteroatoms. The fraction of sp³-hybridized carbons (Fsp3) is 0.286. The molecule has 28 heavy (non-hydrogen) atoms.